The van der Waals surface area contributed by atoms with Crippen LogP contribution >= 0.6 is 0 Å². The van der Waals surface area contributed by atoms with Gasteiger partial charge < -0.3 is 4.90 Å². The van der Waals surface area contributed by atoms with E-state index in [1.165, 1.54) is 77.5 Å². The molecule has 2 aliphatic heterocycles. The standard InChI is InChI=1S/C12H25N.C10H19N.C2H6/c1-5-7-12(6-2)8-9-13(10-12)11(3)4;1-9(2)11-7-10(8-11)5-3-4-6-10;1-2/h11H,5-10H2,1-4H3;9H,3-8H2,1-2H3;1-2H3. The first-order valence-electron chi connectivity index (χ1n) is 11.8. The average Bonchev–Trinajstić information content (AvgIpc) is 3.24. The molecular formula is C24H50N2. The number of nitrogens with zero attached hydrogens (tertiary/aromatic N) is 2. The van der Waals surface area contributed by atoms with Crippen LogP contribution in [-0.2, 0) is 0 Å². The topological polar surface area (TPSA) is 6.48 Å². The quantitative estimate of drug-likeness (QED) is 0.541. The van der Waals surface area contributed by atoms with E-state index in [9.17, 15) is 0 Å². The summed E-state index contributed by atoms with van der Waals surface area (Å²) in [6, 6.07) is 1.52. The van der Waals surface area contributed by atoms with Crippen molar-refractivity contribution in [2.45, 2.75) is 119 Å². The second-order valence-electron chi connectivity index (χ2n) is 9.62. The Balaban J connectivity index is 0.000000239. The minimum absolute atomic E-state index is 0.666. The Hall–Kier alpha value is -0.0800. The predicted molar refractivity (Wildman–Crippen MR) is 118 cm³/mol. The highest BCUT2D eigenvalue weighted by molar-refractivity contribution is 4.98. The van der Waals surface area contributed by atoms with Gasteiger partial charge in [-0.3, -0.25) is 4.90 Å². The molecule has 3 aliphatic rings. The summed E-state index contributed by atoms with van der Waals surface area (Å²) in [5.41, 5.74) is 1.46. The zero-order valence-corrected chi connectivity index (χ0v) is 19.5. The van der Waals surface area contributed by atoms with Gasteiger partial charge in [0.2, 0.25) is 0 Å². The molecule has 2 saturated heterocycles. The second kappa shape index (κ2) is 11.1. The lowest BCUT2D eigenvalue weighted by atomic mass is 9.77. The van der Waals surface area contributed by atoms with Crippen LogP contribution < -0.4 is 0 Å². The van der Waals surface area contributed by atoms with E-state index in [1.807, 2.05) is 13.8 Å². The van der Waals surface area contributed by atoms with E-state index >= 15 is 0 Å². The molecule has 0 N–H and O–H groups in total. The molecule has 0 aromatic rings. The molecule has 3 fully saturated rings. The van der Waals surface area contributed by atoms with E-state index < -0.39 is 0 Å². The van der Waals surface area contributed by atoms with E-state index in [0.29, 0.717) is 5.41 Å². The van der Waals surface area contributed by atoms with Crippen molar-refractivity contribution in [3.8, 4) is 0 Å². The minimum Gasteiger partial charge on any atom is -0.300 e. The van der Waals surface area contributed by atoms with Crippen molar-refractivity contribution < 1.29 is 0 Å². The van der Waals surface area contributed by atoms with Gasteiger partial charge in [-0.05, 0) is 77.2 Å². The lowest BCUT2D eigenvalue weighted by Crippen LogP contribution is -2.57. The third kappa shape index (κ3) is 6.23. The number of rotatable bonds is 5. The van der Waals surface area contributed by atoms with E-state index in [-0.39, 0.29) is 0 Å². The van der Waals surface area contributed by atoms with E-state index in [2.05, 4.69) is 51.3 Å². The Morgan fingerprint density at radius 3 is 1.69 bits per heavy atom. The van der Waals surface area contributed by atoms with Gasteiger partial charge in [-0.2, -0.15) is 0 Å². The molecule has 1 aliphatic carbocycles. The maximum absolute atomic E-state index is 2.64. The van der Waals surface area contributed by atoms with Crippen molar-refractivity contribution in [2.24, 2.45) is 10.8 Å². The fourth-order valence-electron chi connectivity index (χ4n) is 5.23. The third-order valence-electron chi connectivity index (χ3n) is 7.20. The van der Waals surface area contributed by atoms with Gasteiger partial charge in [-0.25, -0.2) is 0 Å². The molecule has 3 rings (SSSR count). The monoisotopic (exact) mass is 366 g/mol. The number of hydrogen-bond acceptors (Lipinski definition) is 2. The summed E-state index contributed by atoms with van der Waals surface area (Å²) in [5, 5.41) is 0. The highest BCUT2D eigenvalue weighted by Gasteiger charge is 2.45. The van der Waals surface area contributed by atoms with Crippen molar-refractivity contribution in [2.75, 3.05) is 26.2 Å². The molecule has 1 atom stereocenters. The Kier molecular flexibility index (Phi) is 10.2. The molecule has 2 heteroatoms. The third-order valence-corrected chi connectivity index (χ3v) is 7.20. The van der Waals surface area contributed by atoms with Gasteiger partial charge in [0.25, 0.3) is 0 Å². The van der Waals surface area contributed by atoms with Crippen LogP contribution in [0.2, 0.25) is 0 Å². The van der Waals surface area contributed by atoms with E-state index in [1.54, 1.807) is 0 Å². The fourth-order valence-corrected chi connectivity index (χ4v) is 5.23. The van der Waals surface area contributed by atoms with Crippen LogP contribution in [0, 0.1) is 10.8 Å². The number of hydrogen-bond donors (Lipinski definition) is 0. The average molecular weight is 367 g/mol. The summed E-state index contributed by atoms with van der Waals surface area (Å²) < 4.78 is 0. The summed E-state index contributed by atoms with van der Waals surface area (Å²) in [7, 11) is 0. The zero-order chi connectivity index (χ0) is 19.8. The molecule has 1 spiro atoms. The smallest absolute Gasteiger partial charge is 0.00532 e. The van der Waals surface area contributed by atoms with Crippen molar-refractivity contribution in [1.82, 2.24) is 9.80 Å². The van der Waals surface area contributed by atoms with Gasteiger partial charge in [0.15, 0.2) is 0 Å². The van der Waals surface area contributed by atoms with Gasteiger partial charge in [0.1, 0.15) is 0 Å². The molecule has 2 heterocycles. The molecule has 0 aromatic carbocycles. The van der Waals surface area contributed by atoms with Gasteiger partial charge >= 0.3 is 0 Å². The molecule has 1 unspecified atom stereocenters. The fraction of sp³-hybridized carbons (Fsp3) is 1.00. The Morgan fingerprint density at radius 1 is 0.769 bits per heavy atom. The second-order valence-corrected chi connectivity index (χ2v) is 9.62. The summed E-state index contributed by atoms with van der Waals surface area (Å²) >= 11 is 0. The maximum atomic E-state index is 2.64. The first-order chi connectivity index (χ1) is 12.4. The highest BCUT2D eigenvalue weighted by Crippen LogP contribution is 2.45. The van der Waals surface area contributed by atoms with Crippen LogP contribution in [0.5, 0.6) is 0 Å². The molecule has 1 saturated carbocycles. The van der Waals surface area contributed by atoms with Crippen LogP contribution in [0.4, 0.5) is 0 Å². The molecule has 0 amide bonds. The molecule has 0 radical (unpaired) electrons. The SMILES string of the molecule is CC.CC(C)N1CC2(CCCC2)C1.CCCC1(CC)CCN(C(C)C)C1. The van der Waals surface area contributed by atoms with Gasteiger partial charge in [0.05, 0.1) is 0 Å². The normalized spacial score (nSPS) is 27.9. The Labute approximate surface area is 166 Å². The van der Waals surface area contributed by atoms with Crippen LogP contribution in [0.25, 0.3) is 0 Å². The van der Waals surface area contributed by atoms with E-state index in [0.717, 1.165) is 17.5 Å². The predicted octanol–water partition coefficient (Wildman–Crippen LogP) is 6.59. The molecule has 2 nitrogen and oxygen atoms in total. The first-order valence-corrected chi connectivity index (χ1v) is 11.8. The van der Waals surface area contributed by atoms with E-state index in [4.69, 9.17) is 0 Å². The molecular weight excluding hydrogens is 316 g/mol. The summed E-state index contributed by atoms with van der Waals surface area (Å²) in [6.07, 6.45) is 11.6. The van der Waals surface area contributed by atoms with Crippen molar-refractivity contribution in [1.29, 1.82) is 0 Å². The molecule has 26 heavy (non-hydrogen) atoms. The van der Waals surface area contributed by atoms with Crippen LogP contribution in [0.3, 0.4) is 0 Å². The molecule has 0 aromatic heterocycles. The summed E-state index contributed by atoms with van der Waals surface area (Å²) in [6.45, 7) is 23.4. The van der Waals surface area contributed by atoms with Gasteiger partial charge in [-0.15, -0.1) is 0 Å². The maximum Gasteiger partial charge on any atom is 0.00532 e. The first kappa shape index (κ1) is 24.0. The van der Waals surface area contributed by atoms with Crippen molar-refractivity contribution in [3.05, 3.63) is 0 Å². The van der Waals surface area contributed by atoms with Crippen LogP contribution in [0.15, 0.2) is 0 Å². The molecule has 156 valence electrons. The lowest BCUT2D eigenvalue weighted by Gasteiger charge is -2.50. The highest BCUT2D eigenvalue weighted by atomic mass is 15.2. The van der Waals surface area contributed by atoms with Gasteiger partial charge in [-0.1, -0.05) is 47.0 Å². The minimum atomic E-state index is 0.666. The van der Waals surface area contributed by atoms with Gasteiger partial charge in [0, 0.05) is 31.7 Å². The Bertz CT molecular complexity index is 362. The van der Waals surface area contributed by atoms with Crippen LogP contribution in [0.1, 0.15) is 107 Å². The number of likely N-dealkylation sites (tertiary alicyclic amines) is 2. The largest absolute Gasteiger partial charge is 0.300 e. The summed E-state index contributed by atoms with van der Waals surface area (Å²) in [4.78, 5) is 5.24. The van der Waals surface area contributed by atoms with Crippen LogP contribution in [-0.4, -0.2) is 48.1 Å². The summed E-state index contributed by atoms with van der Waals surface area (Å²) in [5.74, 6) is 0. The van der Waals surface area contributed by atoms with Crippen molar-refractivity contribution >= 4 is 0 Å². The molecule has 0 bridgehead atoms. The lowest BCUT2D eigenvalue weighted by molar-refractivity contribution is -0.0166. The Morgan fingerprint density at radius 2 is 1.31 bits per heavy atom. The zero-order valence-electron chi connectivity index (χ0n) is 19.5. The van der Waals surface area contributed by atoms with Crippen molar-refractivity contribution in [3.63, 3.8) is 0 Å².